The highest BCUT2D eigenvalue weighted by atomic mass is 35.5. The Kier molecular flexibility index (Phi) is 5.15. The van der Waals surface area contributed by atoms with Gasteiger partial charge in [0.25, 0.3) is 5.91 Å². The van der Waals surface area contributed by atoms with E-state index in [4.69, 9.17) is 11.6 Å². The summed E-state index contributed by atoms with van der Waals surface area (Å²) in [6, 6.07) is 4.49. The molecule has 0 aromatic heterocycles. The number of amides is 1. The lowest BCUT2D eigenvalue weighted by Crippen LogP contribution is -2.37. The van der Waals surface area contributed by atoms with Gasteiger partial charge in [-0.2, -0.15) is 4.99 Å². The number of hydrogen-bond donors (Lipinski definition) is 0. The summed E-state index contributed by atoms with van der Waals surface area (Å²) in [4.78, 5) is 17.0. The number of ether oxygens (including phenoxy) is 1. The van der Waals surface area contributed by atoms with E-state index < -0.39 is 33.9 Å². The Morgan fingerprint density at radius 2 is 1.96 bits per heavy atom. The number of aliphatic imine (C=N–C) groups is 1. The van der Waals surface area contributed by atoms with E-state index in [1.54, 1.807) is 4.90 Å². The summed E-state index contributed by atoms with van der Waals surface area (Å²) in [5.41, 5.74) is 0.415. The Hall–Kier alpha value is -1.46. The molecule has 1 aromatic rings. The second-order valence-corrected chi connectivity index (χ2v) is 9.26. The topological polar surface area (TPSA) is 76.0 Å². The molecule has 2 aliphatic rings. The number of nitrogens with zero attached hydrogens (tertiary/aromatic N) is 2. The second-order valence-electron chi connectivity index (χ2n) is 5.63. The lowest BCUT2D eigenvalue weighted by molar-refractivity contribution is -0.274. The molecule has 12 heteroatoms. The predicted octanol–water partition coefficient (Wildman–Crippen LogP) is 2.43. The Bertz CT molecular complexity index is 843. The number of carbonyl (C=O) groups is 1. The van der Waals surface area contributed by atoms with E-state index in [1.807, 2.05) is 0 Å². The van der Waals surface area contributed by atoms with E-state index in [1.165, 1.54) is 12.1 Å². The summed E-state index contributed by atoms with van der Waals surface area (Å²) in [7, 11) is -3.24. The average molecular weight is 429 g/mol. The van der Waals surface area contributed by atoms with Crippen LogP contribution in [0.2, 0.25) is 0 Å². The van der Waals surface area contributed by atoms with Crippen LogP contribution >= 0.6 is 23.4 Å². The molecule has 2 fully saturated rings. The number of halogens is 4. The third kappa shape index (κ3) is 4.26. The van der Waals surface area contributed by atoms with Gasteiger partial charge < -0.3 is 9.64 Å². The molecule has 0 unspecified atom stereocenters. The van der Waals surface area contributed by atoms with Gasteiger partial charge in [-0.25, -0.2) is 8.42 Å². The molecule has 0 saturated carbocycles. The van der Waals surface area contributed by atoms with Gasteiger partial charge in [0, 0.05) is 10.9 Å². The van der Waals surface area contributed by atoms with E-state index in [0.717, 1.165) is 23.9 Å². The van der Waals surface area contributed by atoms with Gasteiger partial charge in [-0.15, -0.1) is 24.8 Å². The third-order valence-electron chi connectivity index (χ3n) is 3.75. The molecule has 1 amide bonds. The van der Waals surface area contributed by atoms with Crippen LogP contribution in [0, 0.1) is 0 Å². The fourth-order valence-electron chi connectivity index (χ4n) is 2.81. The first-order chi connectivity index (χ1) is 12.1. The number of benzene rings is 1. The van der Waals surface area contributed by atoms with Gasteiger partial charge in [0.05, 0.1) is 17.5 Å². The van der Waals surface area contributed by atoms with Crippen molar-refractivity contribution in [1.29, 1.82) is 0 Å². The van der Waals surface area contributed by atoms with Crippen LogP contribution in [0.15, 0.2) is 29.3 Å². The van der Waals surface area contributed by atoms with Crippen molar-refractivity contribution in [1.82, 2.24) is 0 Å². The predicted molar refractivity (Wildman–Crippen MR) is 92.6 cm³/mol. The molecule has 2 atom stereocenters. The fraction of sp³-hybridized carbons (Fsp3) is 0.429. The molecule has 2 saturated heterocycles. The van der Waals surface area contributed by atoms with Crippen molar-refractivity contribution < 1.29 is 31.1 Å². The van der Waals surface area contributed by atoms with Crippen molar-refractivity contribution in [3.05, 3.63) is 24.3 Å². The molecule has 2 heterocycles. The van der Waals surface area contributed by atoms with Gasteiger partial charge in [0.1, 0.15) is 11.6 Å². The summed E-state index contributed by atoms with van der Waals surface area (Å²) < 4.78 is 64.5. The smallest absolute Gasteiger partial charge is 0.406 e. The molecule has 0 spiro atoms. The zero-order valence-electron chi connectivity index (χ0n) is 12.9. The van der Waals surface area contributed by atoms with Crippen LogP contribution in [0.4, 0.5) is 18.9 Å². The lowest BCUT2D eigenvalue weighted by Gasteiger charge is -2.24. The van der Waals surface area contributed by atoms with Crippen LogP contribution in [-0.2, 0) is 14.6 Å². The Morgan fingerprint density at radius 3 is 2.54 bits per heavy atom. The number of anilines is 1. The minimum atomic E-state index is -4.81. The van der Waals surface area contributed by atoms with Crippen molar-refractivity contribution in [2.24, 2.45) is 4.99 Å². The van der Waals surface area contributed by atoms with Crippen LogP contribution in [0.1, 0.15) is 0 Å². The van der Waals surface area contributed by atoms with Crippen molar-refractivity contribution >= 4 is 50.0 Å². The van der Waals surface area contributed by atoms with E-state index in [2.05, 4.69) is 9.73 Å². The Labute approximate surface area is 156 Å². The molecule has 6 nitrogen and oxygen atoms in total. The Morgan fingerprint density at radius 1 is 1.31 bits per heavy atom. The highest BCUT2D eigenvalue weighted by molar-refractivity contribution is 8.16. The average Bonchev–Trinajstić information content (AvgIpc) is 2.97. The van der Waals surface area contributed by atoms with E-state index in [9.17, 15) is 26.4 Å². The van der Waals surface area contributed by atoms with Gasteiger partial charge in [0.15, 0.2) is 15.0 Å². The number of thioether (sulfide) groups is 1. The van der Waals surface area contributed by atoms with Crippen molar-refractivity contribution in [2.75, 3.05) is 22.3 Å². The zero-order valence-corrected chi connectivity index (χ0v) is 15.3. The van der Waals surface area contributed by atoms with Gasteiger partial charge >= 0.3 is 6.36 Å². The third-order valence-corrected chi connectivity index (χ3v) is 7.19. The number of fused-ring (bicyclic) bond motifs is 1. The molecular weight excluding hydrogens is 417 g/mol. The van der Waals surface area contributed by atoms with Crippen LogP contribution in [0.25, 0.3) is 0 Å². The molecule has 0 radical (unpaired) electrons. The molecule has 0 bridgehead atoms. The van der Waals surface area contributed by atoms with Crippen LogP contribution in [0.3, 0.4) is 0 Å². The number of alkyl halides is 4. The minimum Gasteiger partial charge on any atom is -0.406 e. The first-order valence-electron chi connectivity index (χ1n) is 7.27. The summed E-state index contributed by atoms with van der Waals surface area (Å²) in [6.45, 7) is 0. The summed E-state index contributed by atoms with van der Waals surface area (Å²) >= 11 is 6.62. The molecule has 2 aliphatic heterocycles. The number of carbonyl (C=O) groups excluding carboxylic acids is 1. The van der Waals surface area contributed by atoms with Crippen molar-refractivity contribution in [2.45, 2.75) is 17.7 Å². The van der Waals surface area contributed by atoms with Gasteiger partial charge in [-0.1, -0.05) is 11.8 Å². The maximum Gasteiger partial charge on any atom is 0.573 e. The highest BCUT2D eigenvalue weighted by Gasteiger charge is 2.49. The quantitative estimate of drug-likeness (QED) is 0.688. The van der Waals surface area contributed by atoms with Crippen molar-refractivity contribution in [3.63, 3.8) is 0 Å². The summed E-state index contributed by atoms with van der Waals surface area (Å²) in [5, 5.41) is -0.0296. The summed E-state index contributed by atoms with van der Waals surface area (Å²) in [6.07, 6.45) is -4.81. The zero-order chi connectivity index (χ0) is 19.1. The molecule has 0 aliphatic carbocycles. The van der Waals surface area contributed by atoms with Gasteiger partial charge in [0.2, 0.25) is 0 Å². The second kappa shape index (κ2) is 6.93. The molecule has 142 valence electrons. The standard InChI is InChI=1S/C14H12ClF3N2O4S2/c15-5-12(21)19-13-20(10-6-26(22,23)7-11(10)25-13)8-1-3-9(4-2-8)24-14(16,17)18/h1-4,10-11H,5-7H2/t10-,11+/m0/s1. The lowest BCUT2D eigenvalue weighted by atomic mass is 10.2. The normalized spacial score (nSPS) is 26.2. The van der Waals surface area contributed by atoms with E-state index in [-0.39, 0.29) is 27.8 Å². The fourth-order valence-corrected chi connectivity index (χ4v) is 6.80. The van der Waals surface area contributed by atoms with Gasteiger partial charge in [-0.05, 0) is 24.3 Å². The first-order valence-corrected chi connectivity index (χ1v) is 10.5. The SMILES string of the molecule is O=C(CCl)N=C1S[C@@H]2CS(=O)(=O)C[C@@H]2N1c1ccc(OC(F)(F)F)cc1. The number of sulfone groups is 1. The van der Waals surface area contributed by atoms with Crippen molar-refractivity contribution in [3.8, 4) is 5.75 Å². The van der Waals surface area contributed by atoms with Gasteiger partial charge in [-0.3, -0.25) is 4.79 Å². The summed E-state index contributed by atoms with van der Waals surface area (Å²) in [5.74, 6) is -1.50. The largest absolute Gasteiger partial charge is 0.573 e. The highest BCUT2D eigenvalue weighted by Crippen LogP contribution is 2.41. The van der Waals surface area contributed by atoms with Crippen LogP contribution in [-0.4, -0.2) is 54.5 Å². The monoisotopic (exact) mass is 428 g/mol. The molecular formula is C14H12ClF3N2O4S2. The number of amidine groups is 1. The molecule has 26 heavy (non-hydrogen) atoms. The maximum absolute atomic E-state index is 12.3. The van der Waals surface area contributed by atoms with E-state index >= 15 is 0 Å². The molecule has 1 aromatic carbocycles. The minimum absolute atomic E-state index is 0.0534. The number of hydrogen-bond acceptors (Lipinski definition) is 5. The van der Waals surface area contributed by atoms with Crippen LogP contribution in [0.5, 0.6) is 5.75 Å². The first kappa shape index (κ1) is 19.3. The van der Waals surface area contributed by atoms with E-state index in [0.29, 0.717) is 5.69 Å². The van der Waals surface area contributed by atoms with Crippen LogP contribution < -0.4 is 9.64 Å². The Balaban J connectivity index is 1.92. The maximum atomic E-state index is 12.3. The molecule has 0 N–H and O–H groups in total. The molecule has 3 rings (SSSR count). The number of rotatable bonds is 3.